The van der Waals surface area contributed by atoms with Crippen molar-refractivity contribution < 1.29 is 12.8 Å². The molecule has 34 heavy (non-hydrogen) atoms. The van der Waals surface area contributed by atoms with Gasteiger partial charge in [-0.05, 0) is 42.0 Å². The fourth-order valence-corrected chi connectivity index (χ4v) is 6.24. The number of aromatic nitrogens is 1. The fraction of sp³-hybridized carbons (Fsp3) is 0.167. The van der Waals surface area contributed by atoms with Gasteiger partial charge in [-0.25, -0.2) is 8.42 Å². The number of benzene rings is 2. The highest BCUT2D eigenvalue weighted by molar-refractivity contribution is 7.89. The lowest BCUT2D eigenvalue weighted by Gasteiger charge is -2.21. The lowest BCUT2D eigenvalue weighted by Crippen LogP contribution is -2.30. The van der Waals surface area contributed by atoms with Gasteiger partial charge in [-0.2, -0.15) is 4.31 Å². The van der Waals surface area contributed by atoms with Crippen LogP contribution in [0.5, 0.6) is 0 Å². The Hall–Kier alpha value is -2.98. The molecular formula is C24H20ClN3O4S2. The fourth-order valence-electron chi connectivity index (χ4n) is 3.69. The van der Waals surface area contributed by atoms with Crippen molar-refractivity contribution in [2.45, 2.75) is 24.5 Å². The van der Waals surface area contributed by atoms with Gasteiger partial charge in [-0.3, -0.25) is 14.4 Å². The van der Waals surface area contributed by atoms with Crippen LogP contribution in [0.25, 0.3) is 6.08 Å². The number of rotatable bonds is 7. The number of fused-ring (bicyclic) bond motifs is 1. The molecule has 7 nitrogen and oxygen atoms in total. The highest BCUT2D eigenvalue weighted by Crippen LogP contribution is 2.23. The lowest BCUT2D eigenvalue weighted by atomic mass is 10.2. The maximum absolute atomic E-state index is 13.4. The van der Waals surface area contributed by atoms with E-state index in [0.29, 0.717) is 39.0 Å². The summed E-state index contributed by atoms with van der Waals surface area (Å²) in [5, 5.41) is 0.579. The molecule has 0 saturated carbocycles. The Morgan fingerprint density at radius 2 is 1.82 bits per heavy atom. The van der Waals surface area contributed by atoms with E-state index in [2.05, 4.69) is 4.99 Å². The molecule has 0 N–H and O–H groups in total. The summed E-state index contributed by atoms with van der Waals surface area (Å²) in [6, 6.07) is 18.8. The second kappa shape index (κ2) is 9.34. The molecule has 1 aliphatic rings. The van der Waals surface area contributed by atoms with Crippen molar-refractivity contribution in [3.63, 3.8) is 0 Å². The summed E-state index contributed by atoms with van der Waals surface area (Å²) in [7, 11) is -3.80. The molecule has 0 bridgehead atoms. The van der Waals surface area contributed by atoms with Gasteiger partial charge in [0, 0.05) is 24.2 Å². The second-order valence-electron chi connectivity index (χ2n) is 7.75. The topological polar surface area (TPSA) is 84.9 Å². The number of thiazole rings is 1. The summed E-state index contributed by atoms with van der Waals surface area (Å²) in [4.78, 5) is 17.7. The minimum Gasteiger partial charge on any atom is -0.460 e. The van der Waals surface area contributed by atoms with Crippen molar-refractivity contribution in [1.29, 1.82) is 0 Å². The van der Waals surface area contributed by atoms with Crippen molar-refractivity contribution >= 4 is 39.0 Å². The van der Waals surface area contributed by atoms with Crippen LogP contribution in [0.15, 0.2) is 85.8 Å². The molecule has 3 heterocycles. The van der Waals surface area contributed by atoms with Crippen molar-refractivity contribution in [3.8, 4) is 0 Å². The van der Waals surface area contributed by atoms with Crippen molar-refractivity contribution in [1.82, 2.24) is 8.87 Å². The van der Waals surface area contributed by atoms with E-state index in [1.54, 1.807) is 77.4 Å². The van der Waals surface area contributed by atoms with Crippen molar-refractivity contribution in [2.75, 3.05) is 6.54 Å². The van der Waals surface area contributed by atoms with Gasteiger partial charge in [0.05, 0.1) is 22.5 Å². The molecule has 174 valence electrons. The average molecular weight is 514 g/mol. The third-order valence-corrected chi connectivity index (χ3v) is 8.50. The van der Waals surface area contributed by atoms with Gasteiger partial charge in [-0.15, -0.1) is 0 Å². The summed E-state index contributed by atoms with van der Waals surface area (Å²) in [5.41, 5.74) is 0.711. The van der Waals surface area contributed by atoms with Crippen LogP contribution in [-0.2, 0) is 29.7 Å². The molecule has 0 spiro atoms. The first-order chi connectivity index (χ1) is 16.4. The Bertz CT molecular complexity index is 1610. The molecular weight excluding hydrogens is 494 g/mol. The summed E-state index contributed by atoms with van der Waals surface area (Å²) in [6.45, 7) is 1.40. The maximum atomic E-state index is 13.4. The van der Waals surface area contributed by atoms with E-state index < -0.39 is 10.0 Å². The Kier molecular flexibility index (Phi) is 6.26. The molecule has 1 aliphatic heterocycles. The standard InChI is InChI=1S/C24H20ClN3O4S2/c25-18-8-6-17(7-9-18)15-27(34(30,31)21-4-2-1-3-5-21)16-20-11-10-19(32-20)14-22-23(29)28-13-12-26-24(28)33-22/h1-11,14H,12-13,15-16H2/b22-14-. The first-order valence-electron chi connectivity index (χ1n) is 10.5. The van der Waals surface area contributed by atoms with Crippen LogP contribution in [0.4, 0.5) is 0 Å². The van der Waals surface area contributed by atoms with E-state index in [4.69, 9.17) is 16.0 Å². The maximum Gasteiger partial charge on any atom is 0.270 e. The van der Waals surface area contributed by atoms with E-state index in [0.717, 1.165) is 5.56 Å². The summed E-state index contributed by atoms with van der Waals surface area (Å²) < 4.78 is 36.3. The van der Waals surface area contributed by atoms with Gasteiger partial charge < -0.3 is 4.42 Å². The zero-order chi connectivity index (χ0) is 23.7. The molecule has 0 saturated heterocycles. The third kappa shape index (κ3) is 4.65. The normalized spacial score (nSPS) is 13.9. The van der Waals surface area contributed by atoms with Crippen molar-refractivity contribution in [2.24, 2.45) is 4.99 Å². The predicted octanol–water partition coefficient (Wildman–Crippen LogP) is 3.01. The molecule has 4 aromatic rings. The number of hydrogen-bond donors (Lipinski definition) is 0. The van der Waals surface area contributed by atoms with E-state index in [1.807, 2.05) is 0 Å². The molecule has 2 aromatic carbocycles. The van der Waals surface area contributed by atoms with Crippen LogP contribution in [0.3, 0.4) is 0 Å². The van der Waals surface area contributed by atoms with Gasteiger partial charge in [0.1, 0.15) is 11.5 Å². The average Bonchev–Trinajstić information content (AvgIpc) is 3.55. The molecule has 0 unspecified atom stereocenters. The van der Waals surface area contributed by atoms with Gasteiger partial charge >= 0.3 is 0 Å². The smallest absolute Gasteiger partial charge is 0.270 e. The highest BCUT2D eigenvalue weighted by atomic mass is 35.5. The third-order valence-electron chi connectivity index (χ3n) is 5.40. The van der Waals surface area contributed by atoms with E-state index in [9.17, 15) is 13.2 Å². The second-order valence-corrected chi connectivity index (χ2v) is 11.1. The minimum atomic E-state index is -3.80. The number of furan rings is 1. The molecule has 0 aliphatic carbocycles. The zero-order valence-corrected chi connectivity index (χ0v) is 20.3. The summed E-state index contributed by atoms with van der Waals surface area (Å²) in [6.07, 6.45) is 1.67. The zero-order valence-electron chi connectivity index (χ0n) is 17.9. The van der Waals surface area contributed by atoms with E-state index >= 15 is 0 Å². The molecule has 0 amide bonds. The van der Waals surface area contributed by atoms with Crippen LogP contribution >= 0.6 is 22.9 Å². The molecule has 0 radical (unpaired) electrons. The number of halogens is 1. The van der Waals surface area contributed by atoms with Crippen LogP contribution in [0.1, 0.15) is 17.1 Å². The van der Waals surface area contributed by atoms with Gasteiger partial charge in [0.15, 0.2) is 4.80 Å². The van der Waals surface area contributed by atoms with Crippen LogP contribution in [0, 0.1) is 0 Å². The van der Waals surface area contributed by atoms with E-state index in [1.165, 1.54) is 15.6 Å². The number of nitrogens with zero attached hydrogens (tertiary/aromatic N) is 3. The molecule has 5 rings (SSSR count). The SMILES string of the molecule is O=c1/c(=C/c2ccc(CN(Cc3ccc(Cl)cc3)S(=O)(=O)c3ccccc3)o2)sc2n1CCN=2. The highest BCUT2D eigenvalue weighted by Gasteiger charge is 2.26. The minimum absolute atomic E-state index is 0.0307. The number of hydrogen-bond acceptors (Lipinski definition) is 6. The molecule has 0 fully saturated rings. The molecule has 10 heteroatoms. The summed E-state index contributed by atoms with van der Waals surface area (Å²) in [5.74, 6) is 0.949. The Balaban J connectivity index is 1.46. The van der Waals surface area contributed by atoms with Gasteiger partial charge in [0.2, 0.25) is 10.0 Å². The van der Waals surface area contributed by atoms with Crippen LogP contribution in [-0.4, -0.2) is 23.8 Å². The largest absolute Gasteiger partial charge is 0.460 e. The summed E-state index contributed by atoms with van der Waals surface area (Å²) >= 11 is 7.31. The first kappa shape index (κ1) is 22.8. The Morgan fingerprint density at radius 1 is 1.06 bits per heavy atom. The quantitative estimate of drug-likeness (QED) is 0.380. The molecule has 0 atom stereocenters. The van der Waals surface area contributed by atoms with Gasteiger partial charge in [0.25, 0.3) is 5.56 Å². The first-order valence-corrected chi connectivity index (χ1v) is 13.2. The molecule has 2 aromatic heterocycles. The Labute approximate surface area is 204 Å². The van der Waals surface area contributed by atoms with E-state index in [-0.39, 0.29) is 23.5 Å². The lowest BCUT2D eigenvalue weighted by molar-refractivity contribution is 0.357. The van der Waals surface area contributed by atoms with Crippen molar-refractivity contribution in [3.05, 3.63) is 109 Å². The van der Waals surface area contributed by atoms with Crippen LogP contribution < -0.4 is 14.9 Å². The van der Waals surface area contributed by atoms with Gasteiger partial charge in [-0.1, -0.05) is 53.3 Å². The van der Waals surface area contributed by atoms with Crippen LogP contribution in [0.2, 0.25) is 5.02 Å². The Morgan fingerprint density at radius 3 is 2.56 bits per heavy atom. The number of sulfonamides is 1. The predicted molar refractivity (Wildman–Crippen MR) is 131 cm³/mol. The monoisotopic (exact) mass is 513 g/mol.